The van der Waals surface area contributed by atoms with Gasteiger partial charge in [0.1, 0.15) is 10.5 Å². The Balaban J connectivity index is 2.68. The number of hydrogen-bond acceptors (Lipinski definition) is 2. The third-order valence-corrected chi connectivity index (χ3v) is 5.79. The Hall–Kier alpha value is -0.520. The van der Waals surface area contributed by atoms with Gasteiger partial charge in [-0.15, -0.1) is 0 Å². The van der Waals surface area contributed by atoms with E-state index in [0.29, 0.717) is 10.6 Å². The van der Waals surface area contributed by atoms with Crippen molar-refractivity contribution in [3.8, 4) is 11.4 Å². The minimum absolute atomic E-state index is 0.352. The summed E-state index contributed by atoms with van der Waals surface area (Å²) in [5, 5.41) is 0. The second-order valence-corrected chi connectivity index (χ2v) is 7.17. The van der Waals surface area contributed by atoms with E-state index in [1.54, 1.807) is 0 Å². The summed E-state index contributed by atoms with van der Waals surface area (Å²) in [4.78, 5) is 7.90. The van der Waals surface area contributed by atoms with Gasteiger partial charge in [-0.05, 0) is 59.0 Å². The number of nitrogens with one attached hydrogen (secondary N) is 1. The summed E-state index contributed by atoms with van der Waals surface area (Å²) in [5.41, 5.74) is 4.52. The number of H-pyrrole nitrogens is 1. The maximum Gasteiger partial charge on any atom is 0.144 e. The number of aromatic amines is 1. The van der Waals surface area contributed by atoms with Gasteiger partial charge in [-0.1, -0.05) is 42.0 Å². The molecular weight excluding hydrogens is 400 g/mol. The van der Waals surface area contributed by atoms with E-state index < -0.39 is 0 Å². The highest BCUT2D eigenvalue weighted by molar-refractivity contribution is 9.10. The third kappa shape index (κ3) is 3.05. The van der Waals surface area contributed by atoms with Gasteiger partial charge in [0.2, 0.25) is 0 Å². The Morgan fingerprint density at radius 2 is 1.65 bits per heavy atom. The molecule has 5 heteroatoms. The number of aryl methyl sites for hydroxylation is 2. The van der Waals surface area contributed by atoms with Crippen LogP contribution >= 0.6 is 44.1 Å². The van der Waals surface area contributed by atoms with Gasteiger partial charge in [-0.25, -0.2) is 4.98 Å². The number of benzene rings is 1. The third-order valence-electron chi connectivity index (χ3n) is 3.18. The smallest absolute Gasteiger partial charge is 0.144 e. The Morgan fingerprint density at radius 3 is 2.15 bits per heavy atom. The molecule has 2 aromatic rings. The molecule has 106 valence electrons. The van der Waals surface area contributed by atoms with Crippen LogP contribution in [0.25, 0.3) is 11.4 Å². The van der Waals surface area contributed by atoms with Crippen LogP contribution in [-0.4, -0.2) is 9.97 Å². The van der Waals surface area contributed by atoms with E-state index in [1.807, 2.05) is 0 Å². The van der Waals surface area contributed by atoms with Crippen LogP contribution in [-0.2, 0) is 0 Å². The van der Waals surface area contributed by atoms with Crippen LogP contribution in [0.5, 0.6) is 0 Å². The fourth-order valence-electron chi connectivity index (χ4n) is 2.09. The van der Waals surface area contributed by atoms with Crippen molar-refractivity contribution >= 4 is 44.1 Å². The molecule has 0 saturated heterocycles. The quantitative estimate of drug-likeness (QED) is 0.602. The van der Waals surface area contributed by atoms with Crippen molar-refractivity contribution in [1.29, 1.82) is 0 Å². The van der Waals surface area contributed by atoms with Gasteiger partial charge in [-0.3, -0.25) is 0 Å². The lowest BCUT2D eigenvalue weighted by Crippen LogP contribution is -2.01. The van der Waals surface area contributed by atoms with Crippen LogP contribution in [0, 0.1) is 18.5 Å². The van der Waals surface area contributed by atoms with Crippen LogP contribution in [0.4, 0.5) is 0 Å². The van der Waals surface area contributed by atoms with Gasteiger partial charge in [0.15, 0.2) is 0 Å². The topological polar surface area (TPSA) is 28.7 Å². The first kappa shape index (κ1) is 15.9. The molecule has 0 fully saturated rings. The lowest BCUT2D eigenvalue weighted by molar-refractivity contribution is 0.807. The summed E-state index contributed by atoms with van der Waals surface area (Å²) in [6.07, 6.45) is 0. The standard InChI is InChI=1S/C15H16Br2N2S/c1-7(2)13-12(17)15(20)19-14(18-13)10-5-8(3)11(16)9(4)6-10/h5-7H,1-4H3,(H,18,19,20). The van der Waals surface area contributed by atoms with E-state index in [2.05, 4.69) is 81.7 Å². The van der Waals surface area contributed by atoms with Gasteiger partial charge in [0.05, 0.1) is 4.47 Å². The summed E-state index contributed by atoms with van der Waals surface area (Å²) < 4.78 is 2.62. The highest BCUT2D eigenvalue weighted by Crippen LogP contribution is 2.30. The van der Waals surface area contributed by atoms with Crippen molar-refractivity contribution < 1.29 is 0 Å². The van der Waals surface area contributed by atoms with Crippen LogP contribution in [0.3, 0.4) is 0 Å². The summed E-state index contributed by atoms with van der Waals surface area (Å²) in [7, 11) is 0. The van der Waals surface area contributed by atoms with E-state index in [1.165, 1.54) is 11.1 Å². The Labute approximate surface area is 141 Å². The highest BCUT2D eigenvalue weighted by Gasteiger charge is 2.12. The molecule has 1 aromatic heterocycles. The first-order chi connectivity index (χ1) is 9.31. The predicted molar refractivity (Wildman–Crippen MR) is 93.8 cm³/mol. The summed E-state index contributed by atoms with van der Waals surface area (Å²) in [6, 6.07) is 4.23. The van der Waals surface area contributed by atoms with Gasteiger partial charge >= 0.3 is 0 Å². The molecule has 0 radical (unpaired) electrons. The molecule has 1 N–H and O–H groups in total. The molecule has 0 unspecified atom stereocenters. The fourth-order valence-corrected chi connectivity index (χ4v) is 3.17. The van der Waals surface area contributed by atoms with E-state index in [-0.39, 0.29) is 0 Å². The van der Waals surface area contributed by atoms with E-state index >= 15 is 0 Å². The zero-order chi connectivity index (χ0) is 15.0. The summed E-state index contributed by atoms with van der Waals surface area (Å²) in [5.74, 6) is 1.17. The molecule has 0 aliphatic rings. The lowest BCUT2D eigenvalue weighted by Gasteiger charge is -2.13. The molecule has 2 rings (SSSR count). The number of nitrogens with zero attached hydrogens (tertiary/aromatic N) is 1. The van der Waals surface area contributed by atoms with Crippen molar-refractivity contribution in [2.75, 3.05) is 0 Å². The molecule has 0 aliphatic heterocycles. The average molecular weight is 416 g/mol. The Morgan fingerprint density at radius 1 is 1.10 bits per heavy atom. The number of aromatic nitrogens is 2. The first-order valence-electron chi connectivity index (χ1n) is 6.38. The van der Waals surface area contributed by atoms with Crippen LogP contribution < -0.4 is 0 Å². The number of rotatable bonds is 2. The van der Waals surface area contributed by atoms with Gasteiger partial charge < -0.3 is 4.98 Å². The molecule has 1 aromatic carbocycles. The summed E-state index contributed by atoms with van der Waals surface area (Å²) in [6.45, 7) is 8.43. The number of hydrogen-bond donors (Lipinski definition) is 1. The molecule has 20 heavy (non-hydrogen) atoms. The molecule has 0 amide bonds. The van der Waals surface area contributed by atoms with E-state index in [9.17, 15) is 0 Å². The van der Waals surface area contributed by atoms with E-state index in [4.69, 9.17) is 12.2 Å². The van der Waals surface area contributed by atoms with Crippen molar-refractivity contribution in [3.63, 3.8) is 0 Å². The molecular formula is C15H16Br2N2S. The van der Waals surface area contributed by atoms with Crippen LogP contribution in [0.15, 0.2) is 21.1 Å². The zero-order valence-electron chi connectivity index (χ0n) is 11.8. The Kier molecular flexibility index (Phi) is 4.82. The SMILES string of the molecule is Cc1cc(-c2nc(=S)c(Br)c(C(C)C)[nH]2)cc(C)c1Br. The highest BCUT2D eigenvalue weighted by atomic mass is 79.9. The Bertz CT molecular complexity index is 697. The molecule has 0 saturated carbocycles. The second-order valence-electron chi connectivity index (χ2n) is 5.20. The van der Waals surface area contributed by atoms with Crippen molar-refractivity contribution in [2.24, 2.45) is 0 Å². The fraction of sp³-hybridized carbons (Fsp3) is 0.333. The largest absolute Gasteiger partial charge is 0.342 e. The normalized spacial score (nSPS) is 11.2. The average Bonchev–Trinajstić information content (AvgIpc) is 2.38. The maximum atomic E-state index is 5.35. The molecule has 1 heterocycles. The minimum atomic E-state index is 0.352. The first-order valence-corrected chi connectivity index (χ1v) is 8.37. The summed E-state index contributed by atoms with van der Waals surface area (Å²) >= 11 is 12.5. The predicted octanol–water partition coefficient (Wildman–Crippen LogP) is 6.07. The molecule has 2 nitrogen and oxygen atoms in total. The maximum absolute atomic E-state index is 5.35. The monoisotopic (exact) mass is 414 g/mol. The molecule has 0 atom stereocenters. The molecule has 0 bridgehead atoms. The van der Waals surface area contributed by atoms with Gasteiger partial charge in [0.25, 0.3) is 0 Å². The minimum Gasteiger partial charge on any atom is -0.342 e. The zero-order valence-corrected chi connectivity index (χ0v) is 15.8. The number of halogens is 2. The van der Waals surface area contributed by atoms with Crippen LogP contribution in [0.2, 0.25) is 0 Å². The molecule has 0 aliphatic carbocycles. The van der Waals surface area contributed by atoms with Crippen molar-refractivity contribution in [2.45, 2.75) is 33.6 Å². The van der Waals surface area contributed by atoms with Gasteiger partial charge in [-0.2, -0.15) is 0 Å². The molecule has 0 spiro atoms. The lowest BCUT2D eigenvalue weighted by atomic mass is 10.1. The van der Waals surface area contributed by atoms with Crippen LogP contribution in [0.1, 0.15) is 36.6 Å². The van der Waals surface area contributed by atoms with Crippen molar-refractivity contribution in [3.05, 3.63) is 42.5 Å². The van der Waals surface area contributed by atoms with Gasteiger partial charge in [0, 0.05) is 15.7 Å². The van der Waals surface area contributed by atoms with E-state index in [0.717, 1.165) is 26.0 Å². The second kappa shape index (κ2) is 6.08. The van der Waals surface area contributed by atoms with Crippen molar-refractivity contribution in [1.82, 2.24) is 9.97 Å².